The highest BCUT2D eigenvalue weighted by atomic mass is 35.5. The van der Waals surface area contributed by atoms with E-state index in [1.807, 2.05) is 0 Å². The molecule has 0 saturated heterocycles. The Kier molecular flexibility index (Phi) is 14.5. The molecular weight excluding hydrogens is 551 g/mol. The quantitative estimate of drug-likeness (QED) is 0.0948. The number of anilines is 2. The number of aromatic hydroxyl groups is 1. The molecule has 0 fully saturated rings. The van der Waals surface area contributed by atoms with Gasteiger partial charge in [-0.1, -0.05) is 81.5 Å². The zero-order valence-corrected chi connectivity index (χ0v) is 24.1. The van der Waals surface area contributed by atoms with Crippen molar-refractivity contribution in [3.8, 4) is 11.5 Å². The molecule has 210 valence electrons. The number of carbonyl (C=O) groups is 2. The lowest BCUT2D eigenvalue weighted by molar-refractivity contribution is -0.116. The summed E-state index contributed by atoms with van der Waals surface area (Å²) in [7, 11) is 1.42. The fourth-order valence-corrected chi connectivity index (χ4v) is 4.83. The Morgan fingerprint density at radius 2 is 1.53 bits per heavy atom. The van der Waals surface area contributed by atoms with Gasteiger partial charge in [0, 0.05) is 12.1 Å². The number of ketones is 1. The van der Waals surface area contributed by atoms with E-state index in [0.29, 0.717) is 17.9 Å². The molecule has 0 heterocycles. The van der Waals surface area contributed by atoms with Gasteiger partial charge in [0.25, 0.3) is 11.3 Å². The van der Waals surface area contributed by atoms with Crippen LogP contribution in [0.5, 0.6) is 11.5 Å². The number of phenolic OH excluding ortho intramolecular Hbond substituents is 1. The molecule has 11 heteroatoms. The van der Waals surface area contributed by atoms with E-state index in [9.17, 15) is 18.9 Å². The van der Waals surface area contributed by atoms with E-state index in [1.54, 1.807) is 12.1 Å². The van der Waals surface area contributed by atoms with Crippen molar-refractivity contribution in [1.82, 2.24) is 0 Å². The molecule has 0 bridgehead atoms. The summed E-state index contributed by atoms with van der Waals surface area (Å²) in [5, 5.41) is 12.4. The van der Waals surface area contributed by atoms with Gasteiger partial charge >= 0.3 is 0 Å². The first-order chi connectivity index (χ1) is 18.2. The van der Waals surface area contributed by atoms with Crippen molar-refractivity contribution in [2.45, 2.75) is 71.1 Å². The van der Waals surface area contributed by atoms with E-state index < -0.39 is 23.7 Å². The highest BCUT2D eigenvalue weighted by Crippen LogP contribution is 2.34. The third-order valence-electron chi connectivity index (χ3n) is 5.81. The van der Waals surface area contributed by atoms with Gasteiger partial charge in [-0.05, 0) is 36.8 Å². The zero-order chi connectivity index (χ0) is 27.9. The molecule has 0 spiro atoms. The maximum absolute atomic E-state index is 12.8. The maximum atomic E-state index is 12.8. The van der Waals surface area contributed by atoms with Crippen molar-refractivity contribution in [2.24, 2.45) is 0 Å². The standard InChI is InChI=1S/C27H36Cl2N2O6S/c1-3-4-5-6-7-8-9-10-11-12-26(33)30-19-13-14-25(36-2)21(15-19)24(32)18-37-38(35)31-20-16-22(28)27(34)23(29)17-20/h13-17,31,34H,3-12,18H2,1-2H3,(H,30,33). The lowest BCUT2D eigenvalue weighted by atomic mass is 10.1. The van der Waals surface area contributed by atoms with Gasteiger partial charge < -0.3 is 15.2 Å². The van der Waals surface area contributed by atoms with E-state index in [2.05, 4.69) is 17.0 Å². The van der Waals surface area contributed by atoms with E-state index in [0.717, 1.165) is 19.3 Å². The SMILES string of the molecule is CCCCCCCCCCCC(=O)Nc1ccc(OC)c(C(=O)COS(=O)Nc2cc(Cl)c(O)c(Cl)c2)c1. The number of carbonyl (C=O) groups excluding carboxylic acids is 2. The first-order valence-electron chi connectivity index (χ1n) is 12.8. The van der Waals surface area contributed by atoms with Crippen LogP contribution in [-0.4, -0.2) is 34.7 Å². The largest absolute Gasteiger partial charge is 0.505 e. The summed E-state index contributed by atoms with van der Waals surface area (Å²) in [6.45, 7) is 1.69. The van der Waals surface area contributed by atoms with Gasteiger partial charge in [0.15, 0.2) is 11.5 Å². The smallest absolute Gasteiger partial charge is 0.262 e. The first-order valence-corrected chi connectivity index (χ1v) is 14.6. The molecule has 2 aromatic carbocycles. The number of hydrogen-bond donors (Lipinski definition) is 3. The summed E-state index contributed by atoms with van der Waals surface area (Å²) in [4.78, 5) is 25.2. The summed E-state index contributed by atoms with van der Waals surface area (Å²) in [6, 6.07) is 7.37. The number of hydrogen-bond acceptors (Lipinski definition) is 6. The van der Waals surface area contributed by atoms with E-state index in [-0.39, 0.29) is 33.0 Å². The maximum Gasteiger partial charge on any atom is 0.262 e. The van der Waals surface area contributed by atoms with Gasteiger partial charge in [-0.3, -0.25) is 18.5 Å². The number of benzene rings is 2. The normalized spacial score (nSPS) is 11.7. The van der Waals surface area contributed by atoms with Gasteiger partial charge in [-0.2, -0.15) is 0 Å². The molecule has 0 saturated carbocycles. The predicted molar refractivity (Wildman–Crippen MR) is 154 cm³/mol. The molecule has 1 unspecified atom stereocenters. The van der Waals surface area contributed by atoms with Crippen LogP contribution in [0.4, 0.5) is 11.4 Å². The Balaban J connectivity index is 1.82. The molecule has 1 atom stereocenters. The predicted octanol–water partition coefficient (Wildman–Crippen LogP) is 7.46. The van der Waals surface area contributed by atoms with Crippen LogP contribution in [-0.2, 0) is 20.2 Å². The number of methoxy groups -OCH3 is 1. The number of amides is 1. The minimum absolute atomic E-state index is 0.0329. The van der Waals surface area contributed by atoms with E-state index >= 15 is 0 Å². The Labute approximate surface area is 237 Å². The van der Waals surface area contributed by atoms with Gasteiger partial charge in [0.05, 0.1) is 28.4 Å². The number of nitrogens with one attached hydrogen (secondary N) is 2. The highest BCUT2D eigenvalue weighted by molar-refractivity contribution is 7.81. The van der Waals surface area contributed by atoms with E-state index in [4.69, 9.17) is 32.1 Å². The number of rotatable bonds is 18. The number of ether oxygens (including phenoxy) is 1. The van der Waals surface area contributed by atoms with Crippen molar-refractivity contribution in [3.63, 3.8) is 0 Å². The molecule has 8 nitrogen and oxygen atoms in total. The van der Waals surface area contributed by atoms with Crippen LogP contribution in [0.2, 0.25) is 10.0 Å². The van der Waals surface area contributed by atoms with Gasteiger partial charge in [-0.15, -0.1) is 0 Å². The first kappa shape index (κ1) is 31.9. The Bertz CT molecular complexity index is 1080. The summed E-state index contributed by atoms with van der Waals surface area (Å²) >= 11 is 9.60. The minimum atomic E-state index is -2.10. The molecule has 3 N–H and O–H groups in total. The van der Waals surface area contributed by atoms with Gasteiger partial charge in [0.1, 0.15) is 12.4 Å². The van der Waals surface area contributed by atoms with Crippen molar-refractivity contribution >= 4 is 57.5 Å². The number of halogens is 2. The molecule has 1 amide bonds. The molecular formula is C27H36Cl2N2O6S. The fourth-order valence-electron chi connectivity index (χ4n) is 3.76. The number of Topliss-reactive ketones (excluding diaryl/α,β-unsaturated/α-hetero) is 1. The Hall–Kier alpha value is -2.33. The molecule has 38 heavy (non-hydrogen) atoms. The average molecular weight is 588 g/mol. The summed E-state index contributed by atoms with van der Waals surface area (Å²) in [5.41, 5.74) is 0.877. The molecule has 0 aliphatic rings. The second-order valence-electron chi connectivity index (χ2n) is 8.85. The van der Waals surface area contributed by atoms with Crippen LogP contribution in [0, 0.1) is 0 Å². The lowest BCUT2D eigenvalue weighted by Crippen LogP contribution is -2.17. The van der Waals surface area contributed by atoms with Crippen LogP contribution in [0.25, 0.3) is 0 Å². The van der Waals surface area contributed by atoms with Crippen LogP contribution in [0.3, 0.4) is 0 Å². The zero-order valence-electron chi connectivity index (χ0n) is 21.8. The summed E-state index contributed by atoms with van der Waals surface area (Å²) in [5.74, 6) is -0.613. The molecule has 0 aliphatic carbocycles. The van der Waals surface area contributed by atoms with Crippen LogP contribution < -0.4 is 14.8 Å². The van der Waals surface area contributed by atoms with Gasteiger partial charge in [0.2, 0.25) is 5.91 Å². The minimum Gasteiger partial charge on any atom is -0.505 e. The second-order valence-corrected chi connectivity index (χ2v) is 10.6. The van der Waals surface area contributed by atoms with Crippen molar-refractivity contribution in [1.29, 1.82) is 0 Å². The van der Waals surface area contributed by atoms with Gasteiger partial charge in [-0.25, -0.2) is 4.21 Å². The van der Waals surface area contributed by atoms with Crippen molar-refractivity contribution in [2.75, 3.05) is 23.8 Å². The molecule has 2 aromatic rings. The Morgan fingerprint density at radius 3 is 2.13 bits per heavy atom. The third-order valence-corrected chi connectivity index (χ3v) is 7.12. The highest BCUT2D eigenvalue weighted by Gasteiger charge is 2.17. The topological polar surface area (TPSA) is 114 Å². The summed E-state index contributed by atoms with van der Waals surface area (Å²) < 4.78 is 25.1. The van der Waals surface area contributed by atoms with Crippen LogP contribution in [0.1, 0.15) is 81.5 Å². The van der Waals surface area contributed by atoms with Crippen LogP contribution in [0.15, 0.2) is 30.3 Å². The monoisotopic (exact) mass is 586 g/mol. The fraction of sp³-hybridized carbons (Fsp3) is 0.481. The molecule has 0 aromatic heterocycles. The van der Waals surface area contributed by atoms with Crippen LogP contribution >= 0.6 is 23.2 Å². The molecule has 0 aliphatic heterocycles. The van der Waals surface area contributed by atoms with Crippen molar-refractivity contribution in [3.05, 3.63) is 45.9 Å². The Morgan fingerprint density at radius 1 is 0.921 bits per heavy atom. The molecule has 2 rings (SSSR count). The molecule has 0 radical (unpaired) electrons. The number of phenols is 1. The second kappa shape index (κ2) is 17.3. The summed E-state index contributed by atoms with van der Waals surface area (Å²) in [6.07, 6.45) is 11.0. The number of unbranched alkanes of at least 4 members (excludes halogenated alkanes) is 8. The average Bonchev–Trinajstić information content (AvgIpc) is 2.89. The van der Waals surface area contributed by atoms with E-state index in [1.165, 1.54) is 63.8 Å². The van der Waals surface area contributed by atoms with Crippen molar-refractivity contribution < 1.29 is 27.8 Å². The third kappa shape index (κ3) is 11.2. The lowest BCUT2D eigenvalue weighted by Gasteiger charge is -2.12.